The lowest BCUT2D eigenvalue weighted by molar-refractivity contribution is -0.155. The van der Waals surface area contributed by atoms with Crippen LogP contribution in [0.15, 0.2) is 99.3 Å². The Morgan fingerprint density at radius 2 is 0.873 bits per heavy atom. The molecule has 2 aromatic rings. The second-order valence-electron chi connectivity index (χ2n) is 30.5. The number of rotatable bonds is 52. The molecular weight excluding hydrogens is 1630 g/mol. The van der Waals surface area contributed by atoms with E-state index in [1.807, 2.05) is 102 Å². The first-order valence-corrected chi connectivity index (χ1v) is 42.9. The summed E-state index contributed by atoms with van der Waals surface area (Å²) >= 11 is 0. The topological polar surface area (TPSA) is 428 Å². The summed E-state index contributed by atoms with van der Waals surface area (Å²) in [6.45, 7) is 61.0. The summed E-state index contributed by atoms with van der Waals surface area (Å²) in [6, 6.07) is 23.1. The molecule has 712 valence electrons. The van der Waals surface area contributed by atoms with E-state index >= 15 is 0 Å². The Balaban J connectivity index is -0.000000332. The fourth-order valence-corrected chi connectivity index (χ4v) is 8.04. The zero-order valence-corrected chi connectivity index (χ0v) is 79.7. The van der Waals surface area contributed by atoms with Crippen LogP contribution in [-0.4, -0.2) is 184 Å². The molecule has 0 radical (unpaired) electrons. The van der Waals surface area contributed by atoms with Crippen molar-refractivity contribution < 1.29 is 119 Å². The third-order valence-corrected chi connectivity index (χ3v) is 18.5. The average Bonchev–Trinajstić information content (AvgIpc) is 0.814. The fraction of sp³-hybridized carbons (Fsp3) is 0.642. The fourth-order valence-electron chi connectivity index (χ4n) is 8.04. The Labute approximate surface area is 752 Å². The smallest absolute Gasteiger partial charge is 0.407 e. The van der Waals surface area contributed by atoms with Gasteiger partial charge in [-0.2, -0.15) is 21.0 Å². The molecule has 126 heavy (non-hydrogen) atoms. The van der Waals surface area contributed by atoms with Crippen molar-refractivity contribution in [2.75, 3.05) is 112 Å². The van der Waals surface area contributed by atoms with Crippen LogP contribution >= 0.6 is 0 Å². The van der Waals surface area contributed by atoms with Gasteiger partial charge in [0.15, 0.2) is 0 Å². The number of hydrogen-bond donors (Lipinski definition) is 2. The molecule has 6 atom stereocenters. The highest BCUT2D eigenvalue weighted by Crippen LogP contribution is 2.30. The summed E-state index contributed by atoms with van der Waals surface area (Å²) in [5, 5.41) is 38.4. The van der Waals surface area contributed by atoms with Gasteiger partial charge in [0.1, 0.15) is 91.5 Å². The van der Waals surface area contributed by atoms with E-state index in [2.05, 4.69) is 118 Å². The third kappa shape index (κ3) is 72.4. The molecule has 0 aliphatic carbocycles. The highest BCUT2D eigenvalue weighted by molar-refractivity contribution is 5.82. The molecule has 2 N–H and O–H groups in total. The van der Waals surface area contributed by atoms with Gasteiger partial charge in [-0.1, -0.05) is 160 Å². The Morgan fingerprint density at radius 3 is 1.33 bits per heavy atom. The van der Waals surface area contributed by atoms with Crippen LogP contribution < -0.4 is 15.4 Å². The molecule has 31 nitrogen and oxygen atoms in total. The Morgan fingerprint density at radius 1 is 0.437 bits per heavy atom. The summed E-state index contributed by atoms with van der Waals surface area (Å²) in [4.78, 5) is 111. The summed E-state index contributed by atoms with van der Waals surface area (Å²) in [6.07, 6.45) is 12.7. The molecule has 0 heterocycles. The molecule has 0 bridgehead atoms. The van der Waals surface area contributed by atoms with Gasteiger partial charge in [-0.3, -0.25) is 28.8 Å². The Kier molecular flexibility index (Phi) is 80.0. The van der Waals surface area contributed by atoms with E-state index in [1.54, 1.807) is 57.2 Å². The van der Waals surface area contributed by atoms with Crippen LogP contribution in [-0.2, 0) is 116 Å². The molecular formula is C95H152N6O25. The second kappa shape index (κ2) is 80.0. The molecule has 0 aromatic heterocycles. The lowest BCUT2D eigenvalue weighted by Crippen LogP contribution is -2.41. The minimum absolute atomic E-state index is 0.00112. The van der Waals surface area contributed by atoms with Gasteiger partial charge in [-0.05, 0) is 153 Å². The van der Waals surface area contributed by atoms with Crippen molar-refractivity contribution in [2.45, 2.75) is 253 Å². The van der Waals surface area contributed by atoms with Crippen molar-refractivity contribution in [3.63, 3.8) is 0 Å². The molecule has 31 heteroatoms. The Bertz CT molecular complexity index is 3520. The molecule has 6 unspecified atom stereocenters. The minimum atomic E-state index is -0.671. The number of nitriles is 4. The maximum atomic E-state index is 12.0. The zero-order chi connectivity index (χ0) is 97.4. The number of carbonyl (C=O) groups is 10. The van der Waals surface area contributed by atoms with E-state index in [1.165, 1.54) is 11.8 Å². The van der Waals surface area contributed by atoms with Crippen LogP contribution in [0.1, 0.15) is 246 Å². The van der Waals surface area contributed by atoms with Gasteiger partial charge in [0.25, 0.3) is 0 Å². The highest BCUT2D eigenvalue weighted by atomic mass is 16.6. The first-order valence-electron chi connectivity index (χ1n) is 42.9. The van der Waals surface area contributed by atoms with E-state index in [0.29, 0.717) is 64.2 Å². The van der Waals surface area contributed by atoms with Crippen molar-refractivity contribution in [1.29, 1.82) is 21.0 Å². The molecule has 0 saturated heterocycles. The lowest BCUT2D eigenvalue weighted by atomic mass is 9.81. The molecule has 2 aromatic carbocycles. The van der Waals surface area contributed by atoms with Crippen molar-refractivity contribution in [2.24, 2.45) is 34.5 Å². The first kappa shape index (κ1) is 126. The van der Waals surface area contributed by atoms with Gasteiger partial charge in [0.05, 0.1) is 128 Å². The Hall–Kier alpha value is -10.9. The van der Waals surface area contributed by atoms with Crippen molar-refractivity contribution >= 4 is 59.9 Å². The highest BCUT2D eigenvalue weighted by Gasteiger charge is 2.29. The number of carbonyl (C=O) groups excluding carboxylic acids is 10. The largest absolute Gasteiger partial charge is 0.499 e. The molecule has 0 aliphatic rings. The minimum Gasteiger partial charge on any atom is -0.499 e. The molecule has 2 amide bonds. The van der Waals surface area contributed by atoms with Gasteiger partial charge < -0.3 is 81.7 Å². The van der Waals surface area contributed by atoms with Crippen molar-refractivity contribution in [3.8, 4) is 30.0 Å². The van der Waals surface area contributed by atoms with Gasteiger partial charge >= 0.3 is 59.9 Å². The van der Waals surface area contributed by atoms with Crippen LogP contribution in [0.3, 0.4) is 0 Å². The molecule has 0 aliphatic heterocycles. The number of hydrogen-bond acceptors (Lipinski definition) is 29. The van der Waals surface area contributed by atoms with Crippen molar-refractivity contribution in [3.05, 3.63) is 116 Å². The SMILES string of the molecule is C=CC(=O)OCCNC(=O)OCCOC(=O)C(C)(C)CC.C=CC(=O)OCCOC(=O)C(C)CC.C=CCOC(=O)C(C)CC(C)CC.C=COCCOCCOC(=O)NC(C)(C)c1ccc(C(C)(C)CC)cc1.CCC(C)(C)C(=O)OCCC#N.CCC(C)C(=O)OCCC#N.CCC(C)OCCOC(=O)CC#N.CCC(C)OCCOc1ccc(C#N)cc1. The van der Waals surface area contributed by atoms with Crippen LogP contribution in [0.2, 0.25) is 0 Å². The quantitative estimate of drug-likeness (QED) is 0.0155. The van der Waals surface area contributed by atoms with E-state index in [9.17, 15) is 47.9 Å². The number of ether oxygens (including phenoxy) is 15. The second-order valence-corrected chi connectivity index (χ2v) is 30.5. The molecule has 0 fully saturated rings. The first-order chi connectivity index (χ1) is 59.5. The standard InChI is InChI=1S/C21H33NO4.C14H23NO6.C13H17NO2.C11H20O2.C10H16O4.C9H15NO3.C9H15NO2.C8H13NO2/c1-7-20(3,4)17-9-11-18(12-10-17)21(5,6)22-19(23)26-16-15-25-14-13-24-8-2;1-5-11(16)19-8-7-15-13(18)21-10-9-20-12(17)14(3,4)6-2;1-3-11(2)15-8-9-16-13-6-4-12(10-14)5-7-13;1-5-7-13-11(12)10(4)8-9(3)6-2;1-4-8(3)10(12)14-7-6-13-9(11)5-2;1-3-8(2)12-6-7-13-9(11)4-5-10;1-4-9(2,3)8(11)12-7-5-6-10;1-3-7(2)8(10)11-6-4-5-9/h8-12H,2,7,13-16H2,1,3-6H3,(H,22,23);5H,1,6-10H2,2-4H3,(H,15,18);4-7,11H,3,8-9H2,1-2H3;5,9-10H,1,6-8H2,2-4H3;5,8H,2,4,6-7H2,1,3H3;8H,3-4,6-7H2,1-2H3;4-5,7H2,1-3H3;7H,3-4,6H2,1-2H3. The van der Waals surface area contributed by atoms with Gasteiger partial charge in [0, 0.05) is 12.2 Å². The van der Waals surface area contributed by atoms with Crippen LogP contribution in [0.25, 0.3) is 0 Å². The average molecular weight is 1780 g/mol. The number of nitrogens with one attached hydrogen (secondary N) is 2. The molecule has 2 rings (SSSR count). The summed E-state index contributed by atoms with van der Waals surface area (Å²) in [7, 11) is 0. The van der Waals surface area contributed by atoms with Gasteiger partial charge in [-0.15, -0.1) is 0 Å². The maximum absolute atomic E-state index is 12.0. The lowest BCUT2D eigenvalue weighted by Gasteiger charge is -2.28. The van der Waals surface area contributed by atoms with E-state index in [4.69, 9.17) is 82.6 Å². The number of amides is 2. The van der Waals surface area contributed by atoms with Crippen LogP contribution in [0, 0.1) is 79.8 Å². The number of benzene rings is 2. The number of alkyl carbamates (subject to hydrolysis) is 2. The zero-order valence-electron chi connectivity index (χ0n) is 79.7. The van der Waals surface area contributed by atoms with Crippen molar-refractivity contribution in [1.82, 2.24) is 10.6 Å². The molecule has 0 saturated carbocycles. The third-order valence-electron chi connectivity index (χ3n) is 18.5. The van der Waals surface area contributed by atoms with Gasteiger partial charge in [0.2, 0.25) is 0 Å². The summed E-state index contributed by atoms with van der Waals surface area (Å²) in [5.41, 5.74) is 1.62. The van der Waals surface area contributed by atoms with Crippen LogP contribution in [0.4, 0.5) is 9.59 Å². The van der Waals surface area contributed by atoms with Gasteiger partial charge in [-0.25, -0.2) is 19.2 Å². The monoisotopic (exact) mass is 1780 g/mol. The predicted octanol–water partition coefficient (Wildman–Crippen LogP) is 17.4. The predicted molar refractivity (Wildman–Crippen MR) is 481 cm³/mol. The summed E-state index contributed by atoms with van der Waals surface area (Å²) in [5.74, 6) is -1.47. The van der Waals surface area contributed by atoms with Crippen LogP contribution in [0.5, 0.6) is 5.75 Å². The number of esters is 8. The molecule has 0 spiro atoms. The van der Waals surface area contributed by atoms with E-state index in [0.717, 1.165) is 74.8 Å². The van der Waals surface area contributed by atoms with E-state index in [-0.39, 0.29) is 150 Å². The maximum Gasteiger partial charge on any atom is 0.407 e. The number of nitrogens with zero attached hydrogens (tertiary/aromatic N) is 4. The normalized spacial score (nSPS) is 11.7. The summed E-state index contributed by atoms with van der Waals surface area (Å²) < 4.78 is 74.8. The van der Waals surface area contributed by atoms with E-state index < -0.39 is 46.5 Å².